The molecule has 1 amide bonds. The molecule has 0 aromatic heterocycles. The van der Waals surface area contributed by atoms with Gasteiger partial charge in [-0.2, -0.15) is 0 Å². The van der Waals surface area contributed by atoms with E-state index in [0.29, 0.717) is 11.3 Å². The second kappa shape index (κ2) is 6.54. The van der Waals surface area contributed by atoms with Gasteiger partial charge < -0.3 is 10.1 Å². The molecule has 0 radical (unpaired) electrons. The molecular formula is C16H14BrNO3. The summed E-state index contributed by atoms with van der Waals surface area (Å²) < 4.78 is 5.89. The molecule has 0 heterocycles. The first kappa shape index (κ1) is 15.3. The van der Waals surface area contributed by atoms with Crippen molar-refractivity contribution in [3.63, 3.8) is 0 Å². The Morgan fingerprint density at radius 2 is 1.76 bits per heavy atom. The molecule has 4 nitrogen and oxygen atoms in total. The first-order chi connectivity index (χ1) is 9.95. The highest BCUT2D eigenvalue weighted by Gasteiger charge is 2.08. The lowest BCUT2D eigenvalue weighted by molar-refractivity contribution is -0.131. The van der Waals surface area contributed by atoms with Crippen LogP contribution in [-0.4, -0.2) is 11.9 Å². The van der Waals surface area contributed by atoms with Gasteiger partial charge in [-0.15, -0.1) is 0 Å². The minimum Gasteiger partial charge on any atom is -0.427 e. The van der Waals surface area contributed by atoms with E-state index >= 15 is 0 Å². The van der Waals surface area contributed by atoms with Crippen LogP contribution in [0.25, 0.3) is 0 Å². The lowest BCUT2D eigenvalue weighted by Gasteiger charge is -2.09. The summed E-state index contributed by atoms with van der Waals surface area (Å²) in [6.45, 7) is 3.25. The third kappa shape index (κ3) is 4.16. The van der Waals surface area contributed by atoms with E-state index in [0.717, 1.165) is 15.7 Å². The molecule has 0 bridgehead atoms. The zero-order chi connectivity index (χ0) is 15.4. The molecule has 2 aromatic rings. The van der Waals surface area contributed by atoms with Gasteiger partial charge in [0.1, 0.15) is 5.75 Å². The van der Waals surface area contributed by atoms with Gasteiger partial charge in [-0.3, -0.25) is 9.59 Å². The van der Waals surface area contributed by atoms with E-state index in [4.69, 9.17) is 4.74 Å². The number of halogens is 1. The standard InChI is InChI=1S/C16H14BrNO3/c1-10-9-13(17)5-8-15(10)18-16(20)12-3-6-14(7-4-12)21-11(2)19/h3-9H,1-2H3,(H,18,20). The van der Waals surface area contributed by atoms with E-state index in [-0.39, 0.29) is 5.91 Å². The van der Waals surface area contributed by atoms with Crippen LogP contribution in [0.2, 0.25) is 0 Å². The Hall–Kier alpha value is -2.14. The number of carbonyl (C=O) groups is 2. The number of hydrogen-bond acceptors (Lipinski definition) is 3. The number of amides is 1. The number of carbonyl (C=O) groups excluding carboxylic acids is 2. The number of hydrogen-bond donors (Lipinski definition) is 1. The van der Waals surface area contributed by atoms with Crippen LogP contribution in [0.1, 0.15) is 22.8 Å². The molecule has 0 fully saturated rings. The Kier molecular flexibility index (Phi) is 4.75. The van der Waals surface area contributed by atoms with Crippen LogP contribution in [-0.2, 0) is 4.79 Å². The number of anilines is 1. The predicted octanol–water partition coefficient (Wildman–Crippen LogP) is 3.94. The van der Waals surface area contributed by atoms with Crippen molar-refractivity contribution < 1.29 is 14.3 Å². The summed E-state index contributed by atoms with van der Waals surface area (Å²) >= 11 is 3.38. The summed E-state index contributed by atoms with van der Waals surface area (Å²) in [7, 11) is 0. The summed E-state index contributed by atoms with van der Waals surface area (Å²) in [5.41, 5.74) is 2.22. The number of esters is 1. The van der Waals surface area contributed by atoms with Crippen molar-refractivity contribution in [2.45, 2.75) is 13.8 Å². The lowest BCUT2D eigenvalue weighted by atomic mass is 10.1. The number of rotatable bonds is 3. The third-order valence-electron chi connectivity index (χ3n) is 2.81. The van der Waals surface area contributed by atoms with Crippen LogP contribution in [0.5, 0.6) is 5.75 Å². The fraction of sp³-hybridized carbons (Fsp3) is 0.125. The number of ether oxygens (including phenoxy) is 1. The average Bonchev–Trinajstić information content (AvgIpc) is 2.42. The normalized spacial score (nSPS) is 10.0. The molecule has 0 unspecified atom stereocenters. The van der Waals surface area contributed by atoms with Gasteiger partial charge in [-0.25, -0.2) is 0 Å². The van der Waals surface area contributed by atoms with Gasteiger partial charge in [0, 0.05) is 22.6 Å². The Bertz CT molecular complexity index is 680. The molecule has 0 atom stereocenters. The van der Waals surface area contributed by atoms with Crippen molar-refractivity contribution in [3.05, 3.63) is 58.1 Å². The Morgan fingerprint density at radius 1 is 1.10 bits per heavy atom. The molecular weight excluding hydrogens is 334 g/mol. The number of benzene rings is 2. The molecule has 0 aliphatic rings. The predicted molar refractivity (Wildman–Crippen MR) is 84.6 cm³/mol. The lowest BCUT2D eigenvalue weighted by Crippen LogP contribution is -2.12. The molecule has 0 saturated carbocycles. The highest BCUT2D eigenvalue weighted by Crippen LogP contribution is 2.21. The van der Waals surface area contributed by atoms with E-state index in [1.165, 1.54) is 6.92 Å². The second-order valence-corrected chi connectivity index (χ2v) is 5.45. The molecule has 108 valence electrons. The monoisotopic (exact) mass is 347 g/mol. The van der Waals surface area contributed by atoms with Gasteiger partial charge in [0.15, 0.2) is 0 Å². The van der Waals surface area contributed by atoms with Crippen molar-refractivity contribution in [2.75, 3.05) is 5.32 Å². The molecule has 0 aliphatic carbocycles. The van der Waals surface area contributed by atoms with E-state index in [2.05, 4.69) is 21.2 Å². The maximum Gasteiger partial charge on any atom is 0.308 e. The summed E-state index contributed by atoms with van der Waals surface area (Å²) in [6.07, 6.45) is 0. The van der Waals surface area contributed by atoms with E-state index < -0.39 is 5.97 Å². The largest absolute Gasteiger partial charge is 0.427 e. The van der Waals surface area contributed by atoms with Crippen molar-refractivity contribution in [1.82, 2.24) is 0 Å². The smallest absolute Gasteiger partial charge is 0.308 e. The fourth-order valence-electron chi connectivity index (χ4n) is 1.80. The van der Waals surface area contributed by atoms with Gasteiger partial charge in [0.2, 0.25) is 0 Å². The zero-order valence-electron chi connectivity index (χ0n) is 11.6. The third-order valence-corrected chi connectivity index (χ3v) is 3.31. The van der Waals surface area contributed by atoms with Crippen LogP contribution >= 0.6 is 15.9 Å². The molecule has 0 saturated heterocycles. The SMILES string of the molecule is CC(=O)Oc1ccc(C(=O)Nc2ccc(Br)cc2C)cc1. The fourth-order valence-corrected chi connectivity index (χ4v) is 2.28. The summed E-state index contributed by atoms with van der Waals surface area (Å²) in [6, 6.07) is 12.0. The van der Waals surface area contributed by atoms with Crippen LogP contribution in [0.4, 0.5) is 5.69 Å². The maximum atomic E-state index is 12.2. The van der Waals surface area contributed by atoms with Crippen molar-refractivity contribution in [1.29, 1.82) is 0 Å². The quantitative estimate of drug-likeness (QED) is 0.675. The molecule has 5 heteroatoms. The van der Waals surface area contributed by atoms with Crippen LogP contribution < -0.4 is 10.1 Å². The highest BCUT2D eigenvalue weighted by molar-refractivity contribution is 9.10. The van der Waals surface area contributed by atoms with Crippen molar-refractivity contribution in [2.24, 2.45) is 0 Å². The van der Waals surface area contributed by atoms with Gasteiger partial charge in [0.25, 0.3) is 5.91 Å². The van der Waals surface area contributed by atoms with Gasteiger partial charge in [-0.1, -0.05) is 15.9 Å². The maximum absolute atomic E-state index is 12.2. The highest BCUT2D eigenvalue weighted by atomic mass is 79.9. The van der Waals surface area contributed by atoms with Crippen LogP contribution in [0, 0.1) is 6.92 Å². The molecule has 2 rings (SSSR count). The number of nitrogens with one attached hydrogen (secondary N) is 1. The summed E-state index contributed by atoms with van der Waals surface area (Å²) in [5, 5.41) is 2.85. The van der Waals surface area contributed by atoms with Crippen LogP contribution in [0.15, 0.2) is 46.9 Å². The van der Waals surface area contributed by atoms with Gasteiger partial charge >= 0.3 is 5.97 Å². The Labute approximate surface area is 131 Å². The zero-order valence-corrected chi connectivity index (χ0v) is 13.2. The Balaban J connectivity index is 2.11. The molecule has 2 aromatic carbocycles. The second-order valence-electron chi connectivity index (χ2n) is 4.53. The molecule has 0 aliphatic heterocycles. The number of aryl methyl sites for hydroxylation is 1. The van der Waals surface area contributed by atoms with Crippen LogP contribution in [0.3, 0.4) is 0 Å². The van der Waals surface area contributed by atoms with E-state index in [1.807, 2.05) is 25.1 Å². The first-order valence-electron chi connectivity index (χ1n) is 6.31. The van der Waals surface area contributed by atoms with Gasteiger partial charge in [-0.05, 0) is 55.0 Å². The molecule has 21 heavy (non-hydrogen) atoms. The Morgan fingerprint density at radius 3 is 2.33 bits per heavy atom. The van der Waals surface area contributed by atoms with Crippen molar-refractivity contribution in [3.8, 4) is 5.75 Å². The summed E-state index contributed by atoms with van der Waals surface area (Å²) in [4.78, 5) is 23.0. The minimum absolute atomic E-state index is 0.213. The van der Waals surface area contributed by atoms with E-state index in [1.54, 1.807) is 24.3 Å². The van der Waals surface area contributed by atoms with Crippen molar-refractivity contribution >= 4 is 33.5 Å². The average molecular weight is 348 g/mol. The first-order valence-corrected chi connectivity index (χ1v) is 7.11. The minimum atomic E-state index is -0.391. The molecule has 0 spiro atoms. The topological polar surface area (TPSA) is 55.4 Å². The van der Waals surface area contributed by atoms with E-state index in [9.17, 15) is 9.59 Å². The summed E-state index contributed by atoms with van der Waals surface area (Å²) in [5.74, 6) is -0.189. The van der Waals surface area contributed by atoms with Gasteiger partial charge in [0.05, 0.1) is 0 Å². The molecule has 1 N–H and O–H groups in total.